The average Bonchev–Trinajstić information content (AvgIpc) is 3.05. The van der Waals surface area contributed by atoms with Gasteiger partial charge in [-0.3, -0.25) is 4.79 Å². The number of benzene rings is 3. The van der Waals surface area contributed by atoms with Crippen molar-refractivity contribution < 1.29 is 9.53 Å². The van der Waals surface area contributed by atoms with Gasteiger partial charge in [-0.1, -0.05) is 54.6 Å². The third-order valence-corrected chi connectivity index (χ3v) is 4.61. The Labute approximate surface area is 152 Å². The van der Waals surface area contributed by atoms with Gasteiger partial charge >= 0.3 is 0 Å². The van der Waals surface area contributed by atoms with Gasteiger partial charge in [-0.15, -0.1) is 0 Å². The van der Waals surface area contributed by atoms with Gasteiger partial charge in [0.15, 0.2) is 0 Å². The van der Waals surface area contributed by atoms with Crippen molar-refractivity contribution in [2.75, 3.05) is 19.0 Å². The van der Waals surface area contributed by atoms with Gasteiger partial charge in [-0.2, -0.15) is 0 Å². The van der Waals surface area contributed by atoms with Crippen LogP contribution in [0.1, 0.15) is 10.4 Å². The maximum Gasteiger partial charge on any atom is 0.257 e. The van der Waals surface area contributed by atoms with Crippen molar-refractivity contribution >= 4 is 33.3 Å². The molecule has 4 aromatic rings. The Morgan fingerprint density at radius 1 is 0.962 bits per heavy atom. The minimum absolute atomic E-state index is 0.103. The Balaban J connectivity index is 1.72. The molecule has 4 heteroatoms. The lowest BCUT2D eigenvalue weighted by atomic mass is 10.1. The van der Waals surface area contributed by atoms with Crippen LogP contribution >= 0.6 is 0 Å². The van der Waals surface area contributed by atoms with Crippen LogP contribution in [-0.2, 0) is 11.3 Å². The lowest BCUT2D eigenvalue weighted by Gasteiger charge is -2.08. The third-order valence-electron chi connectivity index (χ3n) is 4.61. The number of ether oxygens (including phenoxy) is 1. The molecule has 0 saturated heterocycles. The zero-order valence-electron chi connectivity index (χ0n) is 14.6. The van der Waals surface area contributed by atoms with Gasteiger partial charge in [0, 0.05) is 41.8 Å². The minimum atomic E-state index is -0.103. The molecule has 1 N–H and O–H groups in total. The average molecular weight is 344 g/mol. The Morgan fingerprint density at radius 3 is 2.54 bits per heavy atom. The Hall–Kier alpha value is -3.11. The SMILES string of the molecule is COCCn1cc(C(=O)Nc2cccc3ccccc23)c2ccccc21. The van der Waals surface area contributed by atoms with Crippen molar-refractivity contribution in [3.05, 3.63) is 78.5 Å². The number of anilines is 1. The van der Waals surface area contributed by atoms with Gasteiger partial charge in [0.2, 0.25) is 0 Å². The van der Waals surface area contributed by atoms with E-state index in [0.29, 0.717) is 18.7 Å². The van der Waals surface area contributed by atoms with E-state index < -0.39 is 0 Å². The summed E-state index contributed by atoms with van der Waals surface area (Å²) >= 11 is 0. The number of amides is 1. The van der Waals surface area contributed by atoms with E-state index in [-0.39, 0.29) is 5.91 Å². The number of nitrogens with zero attached hydrogens (tertiary/aromatic N) is 1. The van der Waals surface area contributed by atoms with Crippen molar-refractivity contribution in [2.45, 2.75) is 6.54 Å². The second kappa shape index (κ2) is 7.02. The normalized spacial score (nSPS) is 11.1. The maximum absolute atomic E-state index is 13.0. The van der Waals surface area contributed by atoms with Gasteiger partial charge in [0.25, 0.3) is 5.91 Å². The summed E-state index contributed by atoms with van der Waals surface area (Å²) in [6.45, 7) is 1.31. The number of nitrogens with one attached hydrogen (secondary N) is 1. The molecule has 1 amide bonds. The van der Waals surface area contributed by atoms with Gasteiger partial charge < -0.3 is 14.6 Å². The second-order valence-electron chi connectivity index (χ2n) is 6.23. The topological polar surface area (TPSA) is 43.3 Å². The van der Waals surface area contributed by atoms with Crippen LogP contribution < -0.4 is 5.32 Å². The summed E-state index contributed by atoms with van der Waals surface area (Å²) in [6, 6.07) is 21.9. The first kappa shape index (κ1) is 16.4. The zero-order chi connectivity index (χ0) is 17.9. The van der Waals surface area contributed by atoms with Gasteiger partial charge in [-0.05, 0) is 17.5 Å². The Morgan fingerprint density at radius 2 is 1.69 bits per heavy atom. The number of hydrogen-bond acceptors (Lipinski definition) is 2. The number of carbonyl (C=O) groups is 1. The summed E-state index contributed by atoms with van der Waals surface area (Å²) in [7, 11) is 1.68. The number of fused-ring (bicyclic) bond motifs is 2. The quantitative estimate of drug-likeness (QED) is 0.570. The molecule has 4 nitrogen and oxygen atoms in total. The van der Waals surface area contributed by atoms with Crippen LogP contribution in [0, 0.1) is 0 Å². The molecule has 3 aromatic carbocycles. The van der Waals surface area contributed by atoms with Crippen LogP contribution in [0.2, 0.25) is 0 Å². The summed E-state index contributed by atoms with van der Waals surface area (Å²) in [5, 5.41) is 6.16. The standard InChI is InChI=1S/C22H20N2O2/c1-26-14-13-24-15-19(18-10-4-5-12-21(18)24)22(25)23-20-11-6-8-16-7-2-3-9-17(16)20/h2-12,15H,13-14H2,1H3,(H,23,25). The van der Waals surface area contributed by atoms with E-state index in [1.54, 1.807) is 7.11 Å². The summed E-state index contributed by atoms with van der Waals surface area (Å²) < 4.78 is 7.25. The fourth-order valence-electron chi connectivity index (χ4n) is 3.33. The molecule has 0 atom stereocenters. The first-order valence-corrected chi connectivity index (χ1v) is 8.64. The molecule has 1 heterocycles. The molecule has 130 valence electrons. The Kier molecular flexibility index (Phi) is 4.42. The van der Waals surface area contributed by atoms with Crippen LogP contribution in [0.15, 0.2) is 72.9 Å². The summed E-state index contributed by atoms with van der Waals surface area (Å²) in [6.07, 6.45) is 1.91. The first-order chi connectivity index (χ1) is 12.8. The molecule has 0 radical (unpaired) electrons. The first-order valence-electron chi connectivity index (χ1n) is 8.64. The number of rotatable bonds is 5. The van der Waals surface area contributed by atoms with Crippen LogP contribution in [0.4, 0.5) is 5.69 Å². The molecule has 4 rings (SSSR count). The van der Waals surface area contributed by atoms with Crippen molar-refractivity contribution in [1.82, 2.24) is 4.57 Å². The molecule has 0 saturated carbocycles. The molecule has 0 aliphatic rings. The number of methoxy groups -OCH3 is 1. The molecule has 0 bridgehead atoms. The molecule has 0 unspecified atom stereocenters. The summed E-state index contributed by atoms with van der Waals surface area (Å²) in [5.74, 6) is -0.103. The van der Waals surface area contributed by atoms with Crippen molar-refractivity contribution in [1.29, 1.82) is 0 Å². The monoisotopic (exact) mass is 344 g/mol. The van der Waals surface area contributed by atoms with Gasteiger partial charge in [0.1, 0.15) is 0 Å². The largest absolute Gasteiger partial charge is 0.383 e. The highest BCUT2D eigenvalue weighted by molar-refractivity contribution is 6.15. The van der Waals surface area contributed by atoms with E-state index in [2.05, 4.69) is 9.88 Å². The molecule has 0 aliphatic carbocycles. The molecular weight excluding hydrogens is 324 g/mol. The number of aromatic nitrogens is 1. The highest BCUT2D eigenvalue weighted by Gasteiger charge is 2.15. The highest BCUT2D eigenvalue weighted by Crippen LogP contribution is 2.26. The minimum Gasteiger partial charge on any atom is -0.383 e. The van der Waals surface area contributed by atoms with Crippen LogP contribution in [0.5, 0.6) is 0 Å². The van der Waals surface area contributed by atoms with E-state index in [4.69, 9.17) is 4.74 Å². The highest BCUT2D eigenvalue weighted by atomic mass is 16.5. The van der Waals surface area contributed by atoms with Crippen LogP contribution in [-0.4, -0.2) is 24.2 Å². The summed E-state index contributed by atoms with van der Waals surface area (Å²) in [4.78, 5) is 13.0. The molecule has 0 spiro atoms. The van der Waals surface area contributed by atoms with Gasteiger partial charge in [0.05, 0.1) is 12.2 Å². The predicted molar refractivity (Wildman–Crippen MR) is 106 cm³/mol. The Bertz CT molecular complexity index is 1080. The molecule has 0 fully saturated rings. The fraction of sp³-hybridized carbons (Fsp3) is 0.136. The van der Waals surface area contributed by atoms with Gasteiger partial charge in [-0.25, -0.2) is 0 Å². The summed E-state index contributed by atoms with van der Waals surface area (Å²) in [5.41, 5.74) is 2.53. The number of hydrogen-bond donors (Lipinski definition) is 1. The van der Waals surface area contributed by atoms with E-state index in [9.17, 15) is 4.79 Å². The maximum atomic E-state index is 13.0. The molecule has 26 heavy (non-hydrogen) atoms. The fourth-order valence-corrected chi connectivity index (χ4v) is 3.33. The second-order valence-corrected chi connectivity index (χ2v) is 6.23. The van der Waals surface area contributed by atoms with Crippen molar-refractivity contribution in [3.63, 3.8) is 0 Å². The van der Waals surface area contributed by atoms with Crippen LogP contribution in [0.25, 0.3) is 21.7 Å². The van der Waals surface area contributed by atoms with E-state index in [1.807, 2.05) is 72.9 Å². The number of carbonyl (C=O) groups excluding carboxylic acids is 1. The zero-order valence-corrected chi connectivity index (χ0v) is 14.6. The third kappa shape index (κ3) is 2.95. The lowest BCUT2D eigenvalue weighted by molar-refractivity contribution is 0.102. The van der Waals surface area contributed by atoms with E-state index in [1.165, 1.54) is 0 Å². The van der Waals surface area contributed by atoms with E-state index >= 15 is 0 Å². The predicted octanol–water partition coefficient (Wildman–Crippen LogP) is 4.69. The number of para-hydroxylation sites is 1. The lowest BCUT2D eigenvalue weighted by Crippen LogP contribution is -2.12. The molecule has 0 aliphatic heterocycles. The van der Waals surface area contributed by atoms with Crippen molar-refractivity contribution in [3.8, 4) is 0 Å². The van der Waals surface area contributed by atoms with E-state index in [0.717, 1.165) is 27.4 Å². The van der Waals surface area contributed by atoms with Crippen LogP contribution in [0.3, 0.4) is 0 Å². The molecule has 1 aromatic heterocycles. The van der Waals surface area contributed by atoms with Crippen molar-refractivity contribution in [2.24, 2.45) is 0 Å². The smallest absolute Gasteiger partial charge is 0.257 e. The molecular formula is C22H20N2O2.